The van der Waals surface area contributed by atoms with E-state index in [9.17, 15) is 0 Å². The van der Waals surface area contributed by atoms with E-state index >= 15 is 0 Å². The van der Waals surface area contributed by atoms with Crippen molar-refractivity contribution in [1.82, 2.24) is 19.9 Å². The lowest BCUT2D eigenvalue weighted by Crippen LogP contribution is -2.00. The van der Waals surface area contributed by atoms with E-state index in [2.05, 4.69) is 20.3 Å². The van der Waals surface area contributed by atoms with E-state index < -0.39 is 0 Å². The molecule has 26 heavy (non-hydrogen) atoms. The molecule has 134 valence electrons. The standard InChI is InChI=1S/C17H17N5O3S/c1-23-12-7-14(24-2)13(15(8-12)25-3)10-19-22-16(20-21-17(22)26)11-5-4-6-18-9-11/h4-10H,1-3H3,(H,21,26)/b19-10+. The number of hydrogen-bond acceptors (Lipinski definition) is 7. The summed E-state index contributed by atoms with van der Waals surface area (Å²) in [6.07, 6.45) is 4.97. The molecule has 0 saturated heterocycles. The van der Waals surface area contributed by atoms with Crippen molar-refractivity contribution < 1.29 is 14.2 Å². The molecule has 0 spiro atoms. The number of nitrogens with zero attached hydrogens (tertiary/aromatic N) is 4. The zero-order valence-corrected chi connectivity index (χ0v) is 15.3. The van der Waals surface area contributed by atoms with Gasteiger partial charge >= 0.3 is 0 Å². The zero-order chi connectivity index (χ0) is 18.5. The first-order valence-electron chi connectivity index (χ1n) is 7.60. The Labute approximate surface area is 155 Å². The predicted octanol–water partition coefficient (Wildman–Crippen LogP) is 2.91. The van der Waals surface area contributed by atoms with Crippen molar-refractivity contribution >= 4 is 18.4 Å². The zero-order valence-electron chi connectivity index (χ0n) is 14.5. The van der Waals surface area contributed by atoms with Crippen LogP contribution in [0.2, 0.25) is 0 Å². The molecule has 0 atom stereocenters. The molecule has 0 aliphatic carbocycles. The van der Waals surface area contributed by atoms with Gasteiger partial charge in [-0.15, -0.1) is 0 Å². The highest BCUT2D eigenvalue weighted by atomic mass is 32.1. The largest absolute Gasteiger partial charge is 0.496 e. The molecule has 0 fully saturated rings. The van der Waals surface area contributed by atoms with Gasteiger partial charge in [-0.25, -0.2) is 5.10 Å². The second kappa shape index (κ2) is 7.79. The van der Waals surface area contributed by atoms with Gasteiger partial charge in [0.1, 0.15) is 17.2 Å². The molecule has 0 saturated carbocycles. The van der Waals surface area contributed by atoms with Crippen LogP contribution in [-0.4, -0.2) is 47.4 Å². The van der Waals surface area contributed by atoms with Crippen LogP contribution < -0.4 is 14.2 Å². The van der Waals surface area contributed by atoms with E-state index in [-0.39, 0.29) is 0 Å². The summed E-state index contributed by atoms with van der Waals surface area (Å²) in [7, 11) is 4.71. The summed E-state index contributed by atoms with van der Waals surface area (Å²) in [6, 6.07) is 7.19. The van der Waals surface area contributed by atoms with Crippen LogP contribution in [0.3, 0.4) is 0 Å². The Morgan fingerprint density at radius 1 is 1.15 bits per heavy atom. The third-order valence-electron chi connectivity index (χ3n) is 3.63. The van der Waals surface area contributed by atoms with Gasteiger partial charge in [-0.05, 0) is 24.4 Å². The predicted molar refractivity (Wildman–Crippen MR) is 99.7 cm³/mol. The number of methoxy groups -OCH3 is 3. The van der Waals surface area contributed by atoms with E-state index in [1.165, 1.54) is 4.68 Å². The summed E-state index contributed by atoms with van der Waals surface area (Å²) in [5.74, 6) is 2.28. The number of H-pyrrole nitrogens is 1. The maximum Gasteiger partial charge on any atom is 0.216 e. The molecule has 3 rings (SSSR count). The number of nitrogens with one attached hydrogen (secondary N) is 1. The first-order valence-corrected chi connectivity index (χ1v) is 8.01. The van der Waals surface area contributed by atoms with Crippen molar-refractivity contribution in [2.75, 3.05) is 21.3 Å². The third kappa shape index (κ3) is 3.42. The Bertz CT molecular complexity index is 957. The number of ether oxygens (including phenoxy) is 3. The smallest absolute Gasteiger partial charge is 0.216 e. The van der Waals surface area contributed by atoms with Crippen molar-refractivity contribution in [3.05, 3.63) is 47.0 Å². The Kier molecular flexibility index (Phi) is 5.28. The number of pyridine rings is 1. The highest BCUT2D eigenvalue weighted by Gasteiger charge is 2.13. The number of benzene rings is 1. The van der Waals surface area contributed by atoms with Gasteiger partial charge in [0, 0.05) is 30.1 Å². The molecule has 0 bridgehead atoms. The molecule has 3 aromatic rings. The lowest BCUT2D eigenvalue weighted by atomic mass is 10.2. The lowest BCUT2D eigenvalue weighted by Gasteiger charge is -2.12. The monoisotopic (exact) mass is 371 g/mol. The van der Waals surface area contributed by atoms with E-state index in [0.29, 0.717) is 33.4 Å². The SMILES string of the molecule is COc1cc(OC)c(/C=N/n2c(-c3cccnc3)n[nH]c2=S)c(OC)c1. The normalized spacial score (nSPS) is 10.9. The highest BCUT2D eigenvalue weighted by molar-refractivity contribution is 7.71. The molecule has 2 aromatic heterocycles. The molecule has 1 N–H and O–H groups in total. The molecule has 0 radical (unpaired) electrons. The van der Waals surface area contributed by atoms with E-state index in [4.69, 9.17) is 26.4 Å². The summed E-state index contributed by atoms with van der Waals surface area (Å²) >= 11 is 5.28. The van der Waals surface area contributed by atoms with Crippen molar-refractivity contribution in [2.45, 2.75) is 0 Å². The van der Waals surface area contributed by atoms with E-state index in [1.54, 1.807) is 52.1 Å². The fraction of sp³-hybridized carbons (Fsp3) is 0.176. The van der Waals surface area contributed by atoms with Crippen molar-refractivity contribution in [3.8, 4) is 28.6 Å². The van der Waals surface area contributed by atoms with Crippen LogP contribution in [-0.2, 0) is 0 Å². The van der Waals surface area contributed by atoms with Gasteiger partial charge < -0.3 is 14.2 Å². The number of aromatic nitrogens is 4. The Balaban J connectivity index is 2.07. The van der Waals surface area contributed by atoms with Crippen LogP contribution in [0.4, 0.5) is 0 Å². The van der Waals surface area contributed by atoms with Crippen LogP contribution >= 0.6 is 12.2 Å². The average molecular weight is 371 g/mol. The average Bonchev–Trinajstić information content (AvgIpc) is 3.06. The Morgan fingerprint density at radius 3 is 2.46 bits per heavy atom. The highest BCUT2D eigenvalue weighted by Crippen LogP contribution is 2.32. The summed E-state index contributed by atoms with van der Waals surface area (Å²) in [4.78, 5) is 4.10. The summed E-state index contributed by atoms with van der Waals surface area (Å²) < 4.78 is 18.0. The Morgan fingerprint density at radius 2 is 1.88 bits per heavy atom. The first kappa shape index (κ1) is 17.6. The van der Waals surface area contributed by atoms with Gasteiger partial charge in [-0.1, -0.05) is 0 Å². The first-order chi connectivity index (χ1) is 12.7. The fourth-order valence-corrected chi connectivity index (χ4v) is 2.54. The summed E-state index contributed by atoms with van der Waals surface area (Å²) in [6.45, 7) is 0. The van der Waals surface area contributed by atoms with Crippen LogP contribution in [0.25, 0.3) is 11.4 Å². The number of aromatic amines is 1. The van der Waals surface area contributed by atoms with Crippen molar-refractivity contribution in [3.63, 3.8) is 0 Å². The molecule has 0 amide bonds. The van der Waals surface area contributed by atoms with Crippen LogP contribution in [0, 0.1) is 4.77 Å². The Hall–Kier alpha value is -3.20. The van der Waals surface area contributed by atoms with Crippen molar-refractivity contribution in [1.29, 1.82) is 0 Å². The second-order valence-corrected chi connectivity index (χ2v) is 5.48. The minimum atomic E-state index is 0.353. The molecule has 0 aliphatic heterocycles. The topological polar surface area (TPSA) is 86.5 Å². The van der Waals surface area contributed by atoms with Crippen LogP contribution in [0.5, 0.6) is 17.2 Å². The van der Waals surface area contributed by atoms with Gasteiger partial charge in [0.25, 0.3) is 0 Å². The van der Waals surface area contributed by atoms with E-state index in [0.717, 1.165) is 5.56 Å². The maximum atomic E-state index is 5.43. The van der Waals surface area contributed by atoms with Gasteiger partial charge in [0.05, 0.1) is 33.1 Å². The molecule has 9 heteroatoms. The van der Waals surface area contributed by atoms with Gasteiger partial charge in [-0.3, -0.25) is 4.98 Å². The molecule has 1 aromatic carbocycles. The molecular formula is C17H17N5O3S. The summed E-state index contributed by atoms with van der Waals surface area (Å²) in [5, 5.41) is 11.4. The quantitative estimate of drug-likeness (QED) is 0.530. The second-order valence-electron chi connectivity index (χ2n) is 5.10. The van der Waals surface area contributed by atoms with E-state index in [1.807, 2.05) is 12.1 Å². The minimum absolute atomic E-state index is 0.353. The number of hydrogen-bond donors (Lipinski definition) is 1. The fourth-order valence-electron chi connectivity index (χ4n) is 2.36. The van der Waals surface area contributed by atoms with Crippen molar-refractivity contribution in [2.24, 2.45) is 5.10 Å². The molecular weight excluding hydrogens is 354 g/mol. The van der Waals surface area contributed by atoms with Crippen LogP contribution in [0.15, 0.2) is 41.8 Å². The molecule has 8 nitrogen and oxygen atoms in total. The third-order valence-corrected chi connectivity index (χ3v) is 3.89. The lowest BCUT2D eigenvalue weighted by molar-refractivity contribution is 0.374. The molecule has 2 heterocycles. The molecule has 0 aliphatic rings. The van der Waals surface area contributed by atoms with Gasteiger partial charge in [0.2, 0.25) is 4.77 Å². The maximum absolute atomic E-state index is 5.43. The minimum Gasteiger partial charge on any atom is -0.496 e. The van der Waals surface area contributed by atoms with Gasteiger partial charge in [0.15, 0.2) is 5.82 Å². The van der Waals surface area contributed by atoms with Gasteiger partial charge in [-0.2, -0.15) is 14.9 Å². The van der Waals surface area contributed by atoms with Crippen LogP contribution in [0.1, 0.15) is 5.56 Å². The molecule has 0 unspecified atom stereocenters. The number of rotatable bonds is 6. The summed E-state index contributed by atoms with van der Waals surface area (Å²) in [5.41, 5.74) is 1.43.